The molecule has 2 nitrogen and oxygen atoms in total. The van der Waals surface area contributed by atoms with Gasteiger partial charge in [0.2, 0.25) is 0 Å². The fourth-order valence-electron chi connectivity index (χ4n) is 3.64. The molecule has 0 spiro atoms. The van der Waals surface area contributed by atoms with Crippen LogP contribution in [-0.2, 0) is 5.60 Å². The quantitative estimate of drug-likeness (QED) is 0.791. The van der Waals surface area contributed by atoms with Gasteiger partial charge in [0.25, 0.3) is 0 Å². The Morgan fingerprint density at radius 3 is 2.52 bits per heavy atom. The maximum Gasteiger partial charge on any atom is 0.124 e. The maximum absolute atomic E-state index is 11.3. The summed E-state index contributed by atoms with van der Waals surface area (Å²) in [5.41, 5.74) is 1.73. The van der Waals surface area contributed by atoms with E-state index in [0.29, 0.717) is 11.3 Å². The van der Waals surface area contributed by atoms with Crippen LogP contribution in [0.4, 0.5) is 0 Å². The molecule has 2 heteroatoms. The molecule has 1 N–H and O–H groups in total. The molecule has 0 bridgehead atoms. The minimum Gasteiger partial charge on any atom is -0.496 e. The van der Waals surface area contributed by atoms with Gasteiger partial charge in [-0.05, 0) is 62.5 Å². The van der Waals surface area contributed by atoms with E-state index in [1.54, 1.807) is 7.11 Å². The normalized spacial score (nSPS) is 27.2. The first-order valence-electron chi connectivity index (χ1n) is 8.14. The second kappa shape index (κ2) is 6.00. The van der Waals surface area contributed by atoms with Crippen LogP contribution in [0.5, 0.6) is 5.75 Å². The lowest BCUT2D eigenvalue weighted by molar-refractivity contribution is 0.0157. The van der Waals surface area contributed by atoms with E-state index < -0.39 is 5.60 Å². The van der Waals surface area contributed by atoms with E-state index >= 15 is 0 Å². The molecule has 1 aromatic rings. The van der Waals surface area contributed by atoms with Crippen LogP contribution in [-0.4, -0.2) is 12.2 Å². The number of aryl methyl sites for hydroxylation is 1. The third kappa shape index (κ3) is 3.60. The summed E-state index contributed by atoms with van der Waals surface area (Å²) in [6.45, 7) is 9.01. The summed E-state index contributed by atoms with van der Waals surface area (Å²) in [6.07, 6.45) is 5.03. The van der Waals surface area contributed by atoms with Gasteiger partial charge in [0.1, 0.15) is 5.75 Å². The average molecular weight is 290 g/mol. The van der Waals surface area contributed by atoms with Crippen LogP contribution in [0.2, 0.25) is 0 Å². The molecule has 2 atom stereocenters. The summed E-state index contributed by atoms with van der Waals surface area (Å²) in [5, 5.41) is 11.3. The number of rotatable bonds is 2. The SMILES string of the molecule is COc1ccc(C)cc1C1(O)CCCC(C(C)(C)C)CC1. The summed E-state index contributed by atoms with van der Waals surface area (Å²) >= 11 is 0. The largest absolute Gasteiger partial charge is 0.496 e. The molecule has 1 aliphatic rings. The molecule has 0 heterocycles. The van der Waals surface area contributed by atoms with Crippen molar-refractivity contribution >= 4 is 0 Å². The fourth-order valence-corrected chi connectivity index (χ4v) is 3.64. The van der Waals surface area contributed by atoms with Crippen LogP contribution in [0.15, 0.2) is 18.2 Å². The van der Waals surface area contributed by atoms with Crippen LogP contribution in [0.1, 0.15) is 64.0 Å². The molecule has 0 radical (unpaired) electrons. The molecular formula is C19H30O2. The van der Waals surface area contributed by atoms with Crippen molar-refractivity contribution < 1.29 is 9.84 Å². The Balaban J connectivity index is 2.29. The molecule has 0 aliphatic heterocycles. The first kappa shape index (κ1) is 16.4. The summed E-state index contributed by atoms with van der Waals surface area (Å²) < 4.78 is 5.49. The minimum atomic E-state index is -0.739. The van der Waals surface area contributed by atoms with Gasteiger partial charge in [-0.1, -0.05) is 32.4 Å². The number of hydrogen-bond donors (Lipinski definition) is 1. The Hall–Kier alpha value is -1.02. The van der Waals surface area contributed by atoms with E-state index in [0.717, 1.165) is 37.0 Å². The fraction of sp³-hybridized carbons (Fsp3) is 0.684. The summed E-state index contributed by atoms with van der Waals surface area (Å²) in [4.78, 5) is 0. The second-order valence-electron chi connectivity index (χ2n) is 7.73. The predicted octanol–water partition coefficient (Wildman–Crippen LogP) is 4.82. The highest BCUT2D eigenvalue weighted by molar-refractivity contribution is 5.41. The summed E-state index contributed by atoms with van der Waals surface area (Å²) in [5.74, 6) is 1.50. The van der Waals surface area contributed by atoms with Crippen molar-refractivity contribution in [1.29, 1.82) is 0 Å². The van der Waals surface area contributed by atoms with Crippen molar-refractivity contribution in [1.82, 2.24) is 0 Å². The van der Waals surface area contributed by atoms with Crippen LogP contribution in [0, 0.1) is 18.3 Å². The lowest BCUT2D eigenvalue weighted by atomic mass is 9.76. The zero-order valence-corrected chi connectivity index (χ0v) is 14.2. The predicted molar refractivity (Wildman–Crippen MR) is 87.7 cm³/mol. The van der Waals surface area contributed by atoms with E-state index in [4.69, 9.17) is 4.74 Å². The standard InChI is InChI=1S/C19H30O2/c1-14-8-9-17(21-5)16(13-14)19(20)11-6-7-15(10-12-19)18(2,3)4/h8-9,13,15,20H,6-7,10-12H2,1-5H3. The Labute approximate surface area is 129 Å². The Morgan fingerprint density at radius 1 is 1.19 bits per heavy atom. The van der Waals surface area contributed by atoms with Crippen molar-refractivity contribution in [3.63, 3.8) is 0 Å². The van der Waals surface area contributed by atoms with Crippen molar-refractivity contribution in [3.8, 4) is 5.75 Å². The van der Waals surface area contributed by atoms with Crippen LogP contribution in [0.3, 0.4) is 0 Å². The number of methoxy groups -OCH3 is 1. The third-order valence-corrected chi connectivity index (χ3v) is 5.13. The molecule has 1 aromatic carbocycles. The highest BCUT2D eigenvalue weighted by Crippen LogP contribution is 2.45. The number of aliphatic hydroxyl groups is 1. The molecular weight excluding hydrogens is 260 g/mol. The van der Waals surface area contributed by atoms with Gasteiger partial charge in [-0.3, -0.25) is 0 Å². The Bertz CT molecular complexity index is 487. The number of benzene rings is 1. The van der Waals surface area contributed by atoms with Crippen molar-refractivity contribution in [2.45, 2.75) is 65.4 Å². The molecule has 1 fully saturated rings. The molecule has 1 saturated carbocycles. The van der Waals surface area contributed by atoms with Crippen molar-refractivity contribution in [2.75, 3.05) is 7.11 Å². The number of hydrogen-bond acceptors (Lipinski definition) is 2. The van der Waals surface area contributed by atoms with Gasteiger partial charge in [-0.2, -0.15) is 0 Å². The molecule has 0 amide bonds. The van der Waals surface area contributed by atoms with E-state index in [-0.39, 0.29) is 0 Å². The zero-order chi connectivity index (χ0) is 15.7. The molecule has 21 heavy (non-hydrogen) atoms. The highest BCUT2D eigenvalue weighted by atomic mass is 16.5. The van der Waals surface area contributed by atoms with Gasteiger partial charge in [-0.15, -0.1) is 0 Å². The van der Waals surface area contributed by atoms with E-state index in [1.165, 1.54) is 12.0 Å². The topological polar surface area (TPSA) is 29.5 Å². The van der Waals surface area contributed by atoms with Gasteiger partial charge in [-0.25, -0.2) is 0 Å². The highest BCUT2D eigenvalue weighted by Gasteiger charge is 2.37. The lowest BCUT2D eigenvalue weighted by Gasteiger charge is -2.31. The summed E-state index contributed by atoms with van der Waals surface area (Å²) in [7, 11) is 1.69. The molecule has 0 saturated heterocycles. The average Bonchev–Trinajstić information content (AvgIpc) is 2.61. The van der Waals surface area contributed by atoms with E-state index in [9.17, 15) is 5.11 Å². The first-order valence-corrected chi connectivity index (χ1v) is 8.14. The molecule has 2 unspecified atom stereocenters. The first-order chi connectivity index (χ1) is 9.76. The molecule has 0 aromatic heterocycles. The van der Waals surface area contributed by atoms with Gasteiger partial charge >= 0.3 is 0 Å². The second-order valence-corrected chi connectivity index (χ2v) is 7.73. The van der Waals surface area contributed by atoms with Gasteiger partial charge in [0.15, 0.2) is 0 Å². The Kier molecular flexibility index (Phi) is 4.67. The van der Waals surface area contributed by atoms with Gasteiger partial charge in [0, 0.05) is 5.56 Å². The third-order valence-electron chi connectivity index (χ3n) is 5.13. The lowest BCUT2D eigenvalue weighted by Crippen LogP contribution is -2.26. The zero-order valence-electron chi connectivity index (χ0n) is 14.2. The minimum absolute atomic E-state index is 0.321. The molecule has 1 aliphatic carbocycles. The smallest absolute Gasteiger partial charge is 0.124 e. The Morgan fingerprint density at radius 2 is 1.90 bits per heavy atom. The van der Waals surface area contributed by atoms with E-state index in [2.05, 4.69) is 33.8 Å². The molecule has 2 rings (SSSR count). The van der Waals surface area contributed by atoms with Crippen LogP contribution >= 0.6 is 0 Å². The van der Waals surface area contributed by atoms with Gasteiger partial charge in [0.05, 0.1) is 12.7 Å². The monoisotopic (exact) mass is 290 g/mol. The van der Waals surface area contributed by atoms with Gasteiger partial charge < -0.3 is 9.84 Å². The van der Waals surface area contributed by atoms with Crippen LogP contribution < -0.4 is 4.74 Å². The van der Waals surface area contributed by atoms with E-state index in [1.807, 2.05) is 12.1 Å². The molecule has 118 valence electrons. The van der Waals surface area contributed by atoms with Crippen molar-refractivity contribution in [2.24, 2.45) is 11.3 Å². The number of ether oxygens (including phenoxy) is 1. The maximum atomic E-state index is 11.3. The van der Waals surface area contributed by atoms with Crippen molar-refractivity contribution in [3.05, 3.63) is 29.3 Å². The summed E-state index contributed by atoms with van der Waals surface area (Å²) in [6, 6.07) is 6.12. The van der Waals surface area contributed by atoms with Crippen LogP contribution in [0.25, 0.3) is 0 Å².